The fourth-order valence-electron chi connectivity index (χ4n) is 2.65. The van der Waals surface area contributed by atoms with Crippen molar-refractivity contribution in [1.82, 2.24) is 5.32 Å². The third-order valence-electron chi connectivity index (χ3n) is 4.10. The second-order valence-corrected chi connectivity index (χ2v) is 5.95. The molecule has 0 aromatic heterocycles. The Bertz CT molecular complexity index is 265. The van der Waals surface area contributed by atoms with Gasteiger partial charge in [-0.05, 0) is 51.5 Å². The van der Waals surface area contributed by atoms with E-state index in [2.05, 4.69) is 12.2 Å². The molecule has 4 nitrogen and oxygen atoms in total. The predicted molar refractivity (Wildman–Crippen MR) is 77.9 cm³/mol. The molecular weight excluding hydrogens is 240 g/mol. The summed E-state index contributed by atoms with van der Waals surface area (Å²) in [6.45, 7) is 6.41. The van der Waals surface area contributed by atoms with Crippen molar-refractivity contribution in [2.45, 2.75) is 64.3 Å². The van der Waals surface area contributed by atoms with Crippen molar-refractivity contribution in [3.05, 3.63) is 0 Å². The molecule has 1 amide bonds. The van der Waals surface area contributed by atoms with Crippen LogP contribution in [0.15, 0.2) is 0 Å². The van der Waals surface area contributed by atoms with Crippen molar-refractivity contribution >= 4 is 5.91 Å². The molecule has 19 heavy (non-hydrogen) atoms. The molecular formula is C15H30N2O2. The Kier molecular flexibility index (Phi) is 7.39. The maximum Gasteiger partial charge on any atom is 0.237 e. The van der Waals surface area contributed by atoms with Crippen LogP contribution < -0.4 is 11.1 Å². The normalized spacial score (nSPS) is 19.5. The number of hydrogen-bond donors (Lipinski definition) is 2. The molecule has 1 saturated carbocycles. The Balaban J connectivity index is 2.15. The lowest BCUT2D eigenvalue weighted by atomic mass is 9.95. The van der Waals surface area contributed by atoms with E-state index in [9.17, 15) is 4.79 Å². The molecule has 1 rings (SSSR count). The van der Waals surface area contributed by atoms with E-state index < -0.39 is 5.54 Å². The van der Waals surface area contributed by atoms with Crippen LogP contribution in [0.25, 0.3) is 0 Å². The number of nitrogens with one attached hydrogen (secondary N) is 1. The first-order valence-electron chi connectivity index (χ1n) is 7.71. The number of amides is 1. The van der Waals surface area contributed by atoms with Crippen LogP contribution in [0, 0.1) is 5.92 Å². The number of ether oxygens (including phenoxy) is 1. The van der Waals surface area contributed by atoms with Crippen molar-refractivity contribution in [2.24, 2.45) is 11.7 Å². The molecule has 0 spiro atoms. The molecule has 0 aliphatic heterocycles. The van der Waals surface area contributed by atoms with Gasteiger partial charge in [-0.25, -0.2) is 0 Å². The minimum Gasteiger partial charge on any atom is -0.381 e. The van der Waals surface area contributed by atoms with E-state index in [4.69, 9.17) is 10.5 Å². The van der Waals surface area contributed by atoms with E-state index in [0.717, 1.165) is 44.9 Å². The average molecular weight is 270 g/mol. The largest absolute Gasteiger partial charge is 0.381 e. The molecule has 1 aliphatic carbocycles. The number of hydrogen-bond acceptors (Lipinski definition) is 3. The van der Waals surface area contributed by atoms with Gasteiger partial charge in [0.15, 0.2) is 0 Å². The third-order valence-corrected chi connectivity index (χ3v) is 4.10. The molecule has 1 fully saturated rings. The van der Waals surface area contributed by atoms with Crippen molar-refractivity contribution in [3.8, 4) is 0 Å². The van der Waals surface area contributed by atoms with Crippen LogP contribution in [0.4, 0.5) is 0 Å². The van der Waals surface area contributed by atoms with Gasteiger partial charge in [-0.1, -0.05) is 19.8 Å². The minimum atomic E-state index is -0.591. The van der Waals surface area contributed by atoms with Gasteiger partial charge >= 0.3 is 0 Å². The van der Waals surface area contributed by atoms with Crippen LogP contribution in [0.1, 0.15) is 58.8 Å². The number of carbonyl (C=O) groups is 1. The fraction of sp³-hybridized carbons (Fsp3) is 0.933. The van der Waals surface area contributed by atoms with Crippen LogP contribution >= 0.6 is 0 Å². The molecule has 1 aliphatic rings. The zero-order valence-electron chi connectivity index (χ0n) is 12.5. The van der Waals surface area contributed by atoms with Gasteiger partial charge in [-0.3, -0.25) is 4.79 Å². The van der Waals surface area contributed by atoms with Gasteiger partial charge in [-0.2, -0.15) is 0 Å². The highest BCUT2D eigenvalue weighted by Gasteiger charge is 2.29. The predicted octanol–water partition coefficient (Wildman–Crippen LogP) is 2.22. The summed E-state index contributed by atoms with van der Waals surface area (Å²) in [6, 6.07) is 0. The summed E-state index contributed by atoms with van der Waals surface area (Å²) in [5.41, 5.74) is 4.89. The summed E-state index contributed by atoms with van der Waals surface area (Å²) < 4.78 is 5.72. The van der Waals surface area contributed by atoms with Crippen molar-refractivity contribution < 1.29 is 9.53 Å². The molecule has 0 heterocycles. The Morgan fingerprint density at radius 3 is 2.68 bits per heavy atom. The summed E-state index contributed by atoms with van der Waals surface area (Å²) in [4.78, 5) is 11.5. The Morgan fingerprint density at radius 1 is 1.42 bits per heavy atom. The zero-order valence-corrected chi connectivity index (χ0v) is 12.5. The van der Waals surface area contributed by atoms with Gasteiger partial charge in [-0.15, -0.1) is 0 Å². The topological polar surface area (TPSA) is 64.3 Å². The summed E-state index contributed by atoms with van der Waals surface area (Å²) in [5, 5.41) is 3.25. The van der Waals surface area contributed by atoms with Gasteiger partial charge < -0.3 is 15.8 Å². The second kappa shape index (κ2) is 8.54. The summed E-state index contributed by atoms with van der Waals surface area (Å²) in [6.07, 6.45) is 7.97. The first-order valence-corrected chi connectivity index (χ1v) is 7.71. The van der Waals surface area contributed by atoms with Crippen molar-refractivity contribution in [2.75, 3.05) is 19.8 Å². The molecule has 0 aromatic rings. The standard InChI is InChI=1S/C15H30N2O2/c1-3-10-17-15(2,14(16)18)9-6-11-19-12-13-7-4-5-8-13/h13,17H,3-12H2,1-2H3,(H2,16,18). The lowest BCUT2D eigenvalue weighted by molar-refractivity contribution is -0.124. The van der Waals surface area contributed by atoms with E-state index in [1.54, 1.807) is 0 Å². The summed E-state index contributed by atoms with van der Waals surface area (Å²) in [5.74, 6) is 0.498. The molecule has 3 N–H and O–H groups in total. The average Bonchev–Trinajstić information content (AvgIpc) is 2.89. The van der Waals surface area contributed by atoms with Gasteiger partial charge in [0.05, 0.1) is 5.54 Å². The third kappa shape index (κ3) is 5.91. The van der Waals surface area contributed by atoms with Crippen molar-refractivity contribution in [1.29, 1.82) is 0 Å². The Hall–Kier alpha value is -0.610. The maximum atomic E-state index is 11.5. The highest BCUT2D eigenvalue weighted by atomic mass is 16.5. The van der Waals surface area contributed by atoms with E-state index in [1.807, 2.05) is 6.92 Å². The smallest absolute Gasteiger partial charge is 0.237 e. The highest BCUT2D eigenvalue weighted by molar-refractivity contribution is 5.84. The van der Waals surface area contributed by atoms with E-state index in [-0.39, 0.29) is 5.91 Å². The molecule has 0 aromatic carbocycles. The van der Waals surface area contributed by atoms with Gasteiger partial charge in [0, 0.05) is 13.2 Å². The summed E-state index contributed by atoms with van der Waals surface area (Å²) >= 11 is 0. The highest BCUT2D eigenvalue weighted by Crippen LogP contribution is 2.24. The Labute approximate surface area is 117 Å². The lowest BCUT2D eigenvalue weighted by Gasteiger charge is -2.27. The van der Waals surface area contributed by atoms with Crippen LogP contribution in [0.5, 0.6) is 0 Å². The minimum absolute atomic E-state index is 0.267. The second-order valence-electron chi connectivity index (χ2n) is 5.95. The molecule has 112 valence electrons. The molecule has 0 radical (unpaired) electrons. The number of nitrogens with two attached hydrogens (primary N) is 1. The number of primary amides is 1. The first-order chi connectivity index (χ1) is 9.08. The molecule has 0 bridgehead atoms. The zero-order chi connectivity index (χ0) is 14.1. The van der Waals surface area contributed by atoms with Crippen LogP contribution in [0.2, 0.25) is 0 Å². The van der Waals surface area contributed by atoms with Gasteiger partial charge in [0.2, 0.25) is 5.91 Å². The quantitative estimate of drug-likeness (QED) is 0.598. The SMILES string of the molecule is CCCNC(C)(CCCOCC1CCCC1)C(N)=O. The monoisotopic (exact) mass is 270 g/mol. The van der Waals surface area contributed by atoms with E-state index in [0.29, 0.717) is 0 Å². The van der Waals surface area contributed by atoms with Crippen LogP contribution in [0.3, 0.4) is 0 Å². The van der Waals surface area contributed by atoms with Crippen LogP contribution in [-0.4, -0.2) is 31.2 Å². The number of carbonyl (C=O) groups excluding carboxylic acids is 1. The molecule has 0 saturated heterocycles. The van der Waals surface area contributed by atoms with Crippen LogP contribution in [-0.2, 0) is 9.53 Å². The number of rotatable bonds is 10. The molecule has 1 unspecified atom stereocenters. The lowest BCUT2D eigenvalue weighted by Crippen LogP contribution is -2.53. The first kappa shape index (κ1) is 16.4. The van der Waals surface area contributed by atoms with Crippen molar-refractivity contribution in [3.63, 3.8) is 0 Å². The molecule has 4 heteroatoms. The molecule has 1 atom stereocenters. The van der Waals surface area contributed by atoms with Gasteiger partial charge in [0.25, 0.3) is 0 Å². The van der Waals surface area contributed by atoms with E-state index in [1.165, 1.54) is 25.7 Å². The van der Waals surface area contributed by atoms with Gasteiger partial charge in [0.1, 0.15) is 0 Å². The van der Waals surface area contributed by atoms with E-state index >= 15 is 0 Å². The Morgan fingerprint density at radius 2 is 2.11 bits per heavy atom. The maximum absolute atomic E-state index is 11.5. The fourth-order valence-corrected chi connectivity index (χ4v) is 2.65. The summed E-state index contributed by atoms with van der Waals surface area (Å²) in [7, 11) is 0.